The number of aromatic nitrogens is 3. The lowest BCUT2D eigenvalue weighted by molar-refractivity contribution is -0.134. The molecule has 2 aromatic heterocycles. The van der Waals surface area contributed by atoms with Gasteiger partial charge in [0.25, 0.3) is 0 Å². The highest BCUT2D eigenvalue weighted by molar-refractivity contribution is 5.90. The molecule has 1 aliphatic rings. The van der Waals surface area contributed by atoms with Crippen LogP contribution in [-0.2, 0) is 36.9 Å². The predicted molar refractivity (Wildman–Crippen MR) is 141 cm³/mol. The lowest BCUT2D eigenvalue weighted by Gasteiger charge is -2.26. The van der Waals surface area contributed by atoms with Gasteiger partial charge < -0.3 is 34.6 Å². The molecule has 4 N–H and O–H groups in total. The van der Waals surface area contributed by atoms with Crippen molar-refractivity contribution < 1.29 is 44.3 Å². The van der Waals surface area contributed by atoms with Gasteiger partial charge in [-0.25, -0.2) is 29.1 Å². The zero-order valence-electron chi connectivity index (χ0n) is 21.9. The molecule has 13 heteroatoms. The fraction of sp³-hybridized carbons (Fsp3) is 0.462. The second-order valence-electron chi connectivity index (χ2n) is 8.25. The maximum atomic E-state index is 9.55. The number of pyridine rings is 1. The number of aliphatic carboxylic acids is 4. The summed E-state index contributed by atoms with van der Waals surface area (Å²) in [7, 11) is 0. The molecule has 0 amide bonds. The maximum absolute atomic E-state index is 9.55. The normalized spacial score (nSPS) is 13.5. The minimum Gasteiger partial charge on any atom is -0.478 e. The number of likely N-dealkylation sites (tertiary alicyclic amines) is 1. The van der Waals surface area contributed by atoms with Crippen LogP contribution in [0.5, 0.6) is 0 Å². The van der Waals surface area contributed by atoms with Crippen molar-refractivity contribution in [3.8, 4) is 0 Å². The molecule has 39 heavy (non-hydrogen) atoms. The van der Waals surface area contributed by atoms with Crippen molar-refractivity contribution in [2.45, 2.75) is 45.6 Å². The van der Waals surface area contributed by atoms with Crippen LogP contribution < -0.4 is 0 Å². The number of rotatable bonds is 12. The van der Waals surface area contributed by atoms with Crippen molar-refractivity contribution in [2.24, 2.45) is 0 Å². The molecule has 0 atom stereocenters. The van der Waals surface area contributed by atoms with Crippen LogP contribution in [0.25, 0.3) is 11.2 Å². The topological polar surface area (TPSA) is 192 Å². The Morgan fingerprint density at radius 1 is 0.897 bits per heavy atom. The van der Waals surface area contributed by atoms with Crippen LogP contribution in [0, 0.1) is 0 Å². The van der Waals surface area contributed by atoms with E-state index in [0.717, 1.165) is 49.6 Å². The van der Waals surface area contributed by atoms with E-state index < -0.39 is 23.9 Å². The highest BCUT2D eigenvalue weighted by Crippen LogP contribution is 2.16. The minimum atomic E-state index is -1.26. The Morgan fingerprint density at radius 2 is 1.46 bits per heavy atom. The van der Waals surface area contributed by atoms with Gasteiger partial charge in [0.1, 0.15) is 11.3 Å². The maximum Gasteiger partial charge on any atom is 0.328 e. The number of ether oxygens (including phenoxy) is 1. The number of carboxylic acids is 4. The molecule has 0 saturated carbocycles. The number of imidazole rings is 1. The number of hydrogen-bond acceptors (Lipinski definition) is 8. The van der Waals surface area contributed by atoms with E-state index in [1.54, 1.807) is 0 Å². The fourth-order valence-corrected chi connectivity index (χ4v) is 3.66. The molecule has 2 aromatic rings. The van der Waals surface area contributed by atoms with E-state index in [0.29, 0.717) is 24.3 Å². The molecule has 214 valence electrons. The Hall–Kier alpha value is -4.10. The van der Waals surface area contributed by atoms with E-state index in [1.807, 2.05) is 25.3 Å². The van der Waals surface area contributed by atoms with Gasteiger partial charge in [-0.05, 0) is 58.0 Å². The van der Waals surface area contributed by atoms with Crippen LogP contribution in [0.2, 0.25) is 0 Å². The summed E-state index contributed by atoms with van der Waals surface area (Å²) in [5.41, 5.74) is 1.98. The Morgan fingerprint density at radius 3 is 1.97 bits per heavy atom. The molecular formula is C26H36N4O9. The van der Waals surface area contributed by atoms with Gasteiger partial charge in [0, 0.05) is 50.1 Å². The van der Waals surface area contributed by atoms with Gasteiger partial charge in [-0.1, -0.05) is 6.42 Å². The molecule has 1 saturated heterocycles. The largest absolute Gasteiger partial charge is 0.478 e. The average molecular weight is 549 g/mol. The Labute approximate surface area is 226 Å². The first-order valence-corrected chi connectivity index (χ1v) is 12.5. The molecular weight excluding hydrogens is 512 g/mol. The summed E-state index contributed by atoms with van der Waals surface area (Å²) in [4.78, 5) is 50.1. The second kappa shape index (κ2) is 19.0. The van der Waals surface area contributed by atoms with E-state index in [4.69, 9.17) is 30.1 Å². The number of fused-ring (bicyclic) bond motifs is 1. The summed E-state index contributed by atoms with van der Waals surface area (Å²) < 4.78 is 7.76. The zero-order valence-corrected chi connectivity index (χ0v) is 21.9. The monoisotopic (exact) mass is 548 g/mol. The summed E-state index contributed by atoms with van der Waals surface area (Å²) in [6.07, 6.45) is 10.4. The smallest absolute Gasteiger partial charge is 0.328 e. The molecule has 0 unspecified atom stereocenters. The number of nitrogens with zero attached hydrogens (tertiary/aromatic N) is 4. The third-order valence-corrected chi connectivity index (χ3v) is 5.31. The molecule has 13 nitrogen and oxygen atoms in total. The fourth-order valence-electron chi connectivity index (χ4n) is 3.66. The lowest BCUT2D eigenvalue weighted by atomic mass is 10.1. The van der Waals surface area contributed by atoms with E-state index in [2.05, 4.69) is 14.5 Å². The van der Waals surface area contributed by atoms with E-state index >= 15 is 0 Å². The second-order valence-corrected chi connectivity index (χ2v) is 8.25. The quantitative estimate of drug-likeness (QED) is 0.224. The lowest BCUT2D eigenvalue weighted by Crippen LogP contribution is -2.30. The van der Waals surface area contributed by atoms with Gasteiger partial charge in [0.15, 0.2) is 5.65 Å². The molecule has 1 fully saturated rings. The summed E-state index contributed by atoms with van der Waals surface area (Å²) in [6, 6.07) is 4.01. The van der Waals surface area contributed by atoms with E-state index in [9.17, 15) is 19.2 Å². The summed E-state index contributed by atoms with van der Waals surface area (Å²) >= 11 is 0. The SMILES string of the molecule is CCOCCn1c(CCCN2CCCCC2)nc2cccnc21.O=C(O)/C=C/C(=O)O.O=C(O)/C=C/C(=O)O. The molecule has 0 aromatic carbocycles. The number of aryl methyl sites for hydroxylation is 1. The van der Waals surface area contributed by atoms with E-state index in [1.165, 1.54) is 38.9 Å². The van der Waals surface area contributed by atoms with Crippen LogP contribution in [0.1, 0.15) is 38.4 Å². The van der Waals surface area contributed by atoms with Crippen molar-refractivity contribution in [3.63, 3.8) is 0 Å². The van der Waals surface area contributed by atoms with Gasteiger partial charge in [-0.3, -0.25) is 0 Å². The first-order chi connectivity index (χ1) is 18.6. The van der Waals surface area contributed by atoms with Crippen LogP contribution >= 0.6 is 0 Å². The number of carboxylic acid groups (broad SMARTS) is 4. The molecule has 0 bridgehead atoms. The summed E-state index contributed by atoms with van der Waals surface area (Å²) in [6.45, 7) is 8.05. The van der Waals surface area contributed by atoms with Gasteiger partial charge in [-0.2, -0.15) is 0 Å². The van der Waals surface area contributed by atoms with Gasteiger partial charge in [0.2, 0.25) is 0 Å². The highest BCUT2D eigenvalue weighted by Gasteiger charge is 2.13. The van der Waals surface area contributed by atoms with Crippen LogP contribution in [0.4, 0.5) is 0 Å². The Balaban J connectivity index is 0.000000393. The molecule has 1 aliphatic heterocycles. The Bertz CT molecular complexity index is 1060. The van der Waals surface area contributed by atoms with Crippen LogP contribution in [0.3, 0.4) is 0 Å². The third kappa shape index (κ3) is 15.0. The zero-order chi connectivity index (χ0) is 29.0. The van der Waals surface area contributed by atoms with Crippen molar-refractivity contribution in [1.29, 1.82) is 0 Å². The number of hydrogen-bond donors (Lipinski definition) is 4. The predicted octanol–water partition coefficient (Wildman–Crippen LogP) is 2.31. The Kier molecular flexibility index (Phi) is 16.1. The van der Waals surface area contributed by atoms with Gasteiger partial charge in [-0.15, -0.1) is 0 Å². The van der Waals surface area contributed by atoms with Crippen molar-refractivity contribution in [2.75, 3.05) is 32.8 Å². The highest BCUT2D eigenvalue weighted by atomic mass is 16.5. The number of carbonyl (C=O) groups is 4. The molecule has 0 spiro atoms. The van der Waals surface area contributed by atoms with Crippen LogP contribution in [-0.4, -0.2) is 96.6 Å². The van der Waals surface area contributed by atoms with Crippen LogP contribution in [0.15, 0.2) is 42.6 Å². The standard InChI is InChI=1S/C18H28N4O.2C4H4O4/c1-2-23-15-14-22-17(20-16-8-6-10-19-18(16)22)9-7-13-21-11-4-3-5-12-21;2*5-3(6)1-2-4(7)8/h6,8,10H,2-5,7,9,11-15H2,1H3;2*1-2H,(H,5,6)(H,7,8)/b;2*2-1+. The minimum absolute atomic E-state index is 0.558. The van der Waals surface area contributed by atoms with Crippen molar-refractivity contribution >= 4 is 35.0 Å². The molecule has 0 aliphatic carbocycles. The summed E-state index contributed by atoms with van der Waals surface area (Å²) in [5, 5.41) is 31.2. The van der Waals surface area contributed by atoms with Gasteiger partial charge >= 0.3 is 23.9 Å². The van der Waals surface area contributed by atoms with Gasteiger partial charge in [0.05, 0.1) is 6.61 Å². The molecule has 3 heterocycles. The van der Waals surface area contributed by atoms with Crippen molar-refractivity contribution in [3.05, 3.63) is 48.5 Å². The number of piperidine rings is 1. The van der Waals surface area contributed by atoms with Crippen molar-refractivity contribution in [1.82, 2.24) is 19.4 Å². The first kappa shape index (κ1) is 32.9. The first-order valence-electron chi connectivity index (χ1n) is 12.5. The third-order valence-electron chi connectivity index (χ3n) is 5.31. The molecule has 3 rings (SSSR count). The summed E-state index contributed by atoms with van der Waals surface area (Å²) in [5.74, 6) is -3.88. The average Bonchev–Trinajstić information content (AvgIpc) is 3.25. The van der Waals surface area contributed by atoms with E-state index in [-0.39, 0.29) is 0 Å². The molecule has 0 radical (unpaired) electrons.